The van der Waals surface area contributed by atoms with Crippen molar-refractivity contribution in [1.29, 1.82) is 0 Å². The van der Waals surface area contributed by atoms with E-state index in [2.05, 4.69) is 15.6 Å². The second-order valence-corrected chi connectivity index (χ2v) is 7.11. The Morgan fingerprint density at radius 1 is 1.07 bits per heavy atom. The van der Waals surface area contributed by atoms with E-state index in [1.807, 2.05) is 0 Å². The lowest BCUT2D eigenvalue weighted by molar-refractivity contribution is -0.137. The quantitative estimate of drug-likeness (QED) is 0.702. The molecule has 0 spiro atoms. The molecule has 0 aliphatic rings. The highest BCUT2D eigenvalue weighted by molar-refractivity contribution is 6.04. The summed E-state index contributed by atoms with van der Waals surface area (Å²) >= 11 is 0. The number of nitrogens with one attached hydrogen (secondary N) is 2. The van der Waals surface area contributed by atoms with Gasteiger partial charge in [0.15, 0.2) is 0 Å². The first-order valence-electron chi connectivity index (χ1n) is 8.67. The van der Waals surface area contributed by atoms with Gasteiger partial charge in [0.25, 0.3) is 5.91 Å². The number of amides is 2. The molecule has 1 aromatic carbocycles. The van der Waals surface area contributed by atoms with Crippen LogP contribution in [0, 0.1) is 0 Å². The maximum absolute atomic E-state index is 12.3. The first kappa shape index (κ1) is 20.9. The molecule has 0 aliphatic heterocycles. The first-order chi connectivity index (χ1) is 13.1. The van der Waals surface area contributed by atoms with Crippen LogP contribution in [-0.2, 0) is 9.53 Å². The second kappa shape index (κ2) is 8.98. The number of carboxylic acids is 1. The van der Waals surface area contributed by atoms with E-state index in [0.29, 0.717) is 16.8 Å². The van der Waals surface area contributed by atoms with Crippen LogP contribution in [0.4, 0.5) is 10.5 Å². The third kappa shape index (κ3) is 6.71. The number of nitrogens with zero attached hydrogens (tertiary/aromatic N) is 1. The van der Waals surface area contributed by atoms with Crippen LogP contribution in [-0.4, -0.2) is 33.7 Å². The molecule has 1 heterocycles. The second-order valence-electron chi connectivity index (χ2n) is 7.11. The van der Waals surface area contributed by atoms with E-state index < -0.39 is 23.7 Å². The molecule has 8 heteroatoms. The highest BCUT2D eigenvalue weighted by atomic mass is 16.6. The summed E-state index contributed by atoms with van der Waals surface area (Å²) in [4.78, 5) is 39.3. The van der Waals surface area contributed by atoms with Gasteiger partial charge in [0, 0.05) is 23.6 Å². The van der Waals surface area contributed by atoms with Crippen molar-refractivity contribution in [1.82, 2.24) is 10.3 Å². The van der Waals surface area contributed by atoms with Crippen LogP contribution in [0.5, 0.6) is 0 Å². The molecule has 2 aromatic rings. The number of carbonyl (C=O) groups is 3. The lowest BCUT2D eigenvalue weighted by Gasteiger charge is -2.23. The van der Waals surface area contributed by atoms with Crippen LogP contribution in [0.25, 0.3) is 0 Å². The summed E-state index contributed by atoms with van der Waals surface area (Å²) in [7, 11) is 0. The van der Waals surface area contributed by atoms with Gasteiger partial charge >= 0.3 is 12.1 Å². The molecular weight excluding hydrogens is 362 g/mol. The number of aromatic nitrogens is 1. The largest absolute Gasteiger partial charge is 0.481 e. The first-order valence-corrected chi connectivity index (χ1v) is 8.67. The summed E-state index contributed by atoms with van der Waals surface area (Å²) in [5.41, 5.74) is 0.854. The molecule has 1 atom stereocenters. The number of aliphatic carboxylic acids is 1. The van der Waals surface area contributed by atoms with Crippen LogP contribution >= 0.6 is 0 Å². The fraction of sp³-hybridized carbons (Fsp3) is 0.300. The zero-order chi connectivity index (χ0) is 20.7. The smallest absolute Gasteiger partial charge is 0.408 e. The van der Waals surface area contributed by atoms with Gasteiger partial charge in [-0.15, -0.1) is 0 Å². The van der Waals surface area contributed by atoms with Gasteiger partial charge in [0.1, 0.15) is 5.60 Å². The molecule has 2 amide bonds. The minimum Gasteiger partial charge on any atom is -0.481 e. The summed E-state index contributed by atoms with van der Waals surface area (Å²) in [6, 6.07) is 8.89. The fourth-order valence-corrected chi connectivity index (χ4v) is 2.38. The van der Waals surface area contributed by atoms with Crippen molar-refractivity contribution in [3.05, 3.63) is 59.9 Å². The summed E-state index contributed by atoms with van der Waals surface area (Å²) in [5, 5.41) is 14.4. The third-order valence-electron chi connectivity index (χ3n) is 3.58. The van der Waals surface area contributed by atoms with E-state index in [0.717, 1.165) is 0 Å². The predicted octanol–water partition coefficient (Wildman–Crippen LogP) is 3.37. The van der Waals surface area contributed by atoms with E-state index in [-0.39, 0.29) is 12.3 Å². The lowest BCUT2D eigenvalue weighted by atomic mass is 10.0. The normalized spacial score (nSPS) is 12.0. The number of benzene rings is 1. The minimum atomic E-state index is -1.07. The van der Waals surface area contributed by atoms with Crippen molar-refractivity contribution in [2.24, 2.45) is 0 Å². The number of anilines is 1. The van der Waals surface area contributed by atoms with Gasteiger partial charge < -0.3 is 20.5 Å². The molecule has 28 heavy (non-hydrogen) atoms. The van der Waals surface area contributed by atoms with Crippen molar-refractivity contribution < 1.29 is 24.2 Å². The van der Waals surface area contributed by atoms with Gasteiger partial charge in [-0.05, 0) is 50.6 Å². The monoisotopic (exact) mass is 385 g/mol. The Morgan fingerprint density at radius 3 is 2.21 bits per heavy atom. The van der Waals surface area contributed by atoms with Crippen molar-refractivity contribution >= 4 is 23.7 Å². The number of pyridine rings is 1. The minimum absolute atomic E-state index is 0.312. The van der Waals surface area contributed by atoms with E-state index in [1.165, 1.54) is 0 Å². The molecule has 0 radical (unpaired) electrons. The van der Waals surface area contributed by atoms with Crippen molar-refractivity contribution in [3.63, 3.8) is 0 Å². The summed E-state index contributed by atoms with van der Waals surface area (Å²) in [6.45, 7) is 5.15. The van der Waals surface area contributed by atoms with Crippen LogP contribution in [0.2, 0.25) is 0 Å². The summed E-state index contributed by atoms with van der Waals surface area (Å²) in [6.07, 6.45) is 2.11. The molecule has 1 aromatic heterocycles. The van der Waals surface area contributed by atoms with E-state index in [1.54, 1.807) is 69.6 Å². The number of carbonyl (C=O) groups excluding carboxylic acids is 2. The Bertz CT molecular complexity index is 829. The van der Waals surface area contributed by atoms with Gasteiger partial charge in [-0.3, -0.25) is 14.6 Å². The molecule has 8 nitrogen and oxygen atoms in total. The van der Waals surface area contributed by atoms with Crippen molar-refractivity contribution in [2.45, 2.75) is 38.8 Å². The Labute approximate surface area is 162 Å². The van der Waals surface area contributed by atoms with Crippen LogP contribution in [0.15, 0.2) is 48.8 Å². The number of hydrogen-bond acceptors (Lipinski definition) is 5. The topological polar surface area (TPSA) is 118 Å². The Hall–Kier alpha value is -3.42. The van der Waals surface area contributed by atoms with Gasteiger partial charge in [-0.2, -0.15) is 0 Å². The van der Waals surface area contributed by atoms with Gasteiger partial charge in [-0.1, -0.05) is 12.1 Å². The fourth-order valence-electron chi connectivity index (χ4n) is 2.38. The number of ether oxygens (including phenoxy) is 1. The van der Waals surface area contributed by atoms with Gasteiger partial charge in [-0.25, -0.2) is 4.79 Å². The molecule has 0 unspecified atom stereocenters. The maximum atomic E-state index is 12.3. The molecule has 2 rings (SSSR count). The van der Waals surface area contributed by atoms with E-state index >= 15 is 0 Å². The maximum Gasteiger partial charge on any atom is 0.408 e. The molecule has 0 saturated carbocycles. The molecule has 148 valence electrons. The number of alkyl carbamates (subject to hydrolysis) is 1. The van der Waals surface area contributed by atoms with Crippen molar-refractivity contribution in [3.8, 4) is 0 Å². The zero-order valence-electron chi connectivity index (χ0n) is 15.9. The Kier molecular flexibility index (Phi) is 6.70. The Balaban J connectivity index is 2.10. The van der Waals surface area contributed by atoms with E-state index in [9.17, 15) is 14.4 Å². The number of carboxylic acid groups (broad SMARTS) is 1. The molecule has 3 N–H and O–H groups in total. The van der Waals surface area contributed by atoms with Gasteiger partial charge in [0.2, 0.25) is 0 Å². The number of hydrogen-bond donors (Lipinski definition) is 3. The SMILES string of the molecule is CC(C)(C)OC(=O)N[C@H](CC(=O)O)c1ccc(C(=O)Nc2ccncc2)cc1. The average Bonchev–Trinajstić information content (AvgIpc) is 2.60. The highest BCUT2D eigenvalue weighted by Gasteiger charge is 2.22. The van der Waals surface area contributed by atoms with Crippen molar-refractivity contribution in [2.75, 3.05) is 5.32 Å². The molecular formula is C20H23N3O5. The molecule has 0 saturated heterocycles. The third-order valence-corrected chi connectivity index (χ3v) is 3.58. The molecule has 0 bridgehead atoms. The van der Waals surface area contributed by atoms with Crippen LogP contribution in [0.3, 0.4) is 0 Å². The molecule has 0 fully saturated rings. The Morgan fingerprint density at radius 2 is 1.68 bits per heavy atom. The van der Waals surface area contributed by atoms with Crippen LogP contribution in [0.1, 0.15) is 49.2 Å². The lowest BCUT2D eigenvalue weighted by Crippen LogP contribution is -2.35. The summed E-state index contributed by atoms with van der Waals surface area (Å²) < 4.78 is 5.19. The molecule has 0 aliphatic carbocycles. The van der Waals surface area contributed by atoms with Gasteiger partial charge in [0.05, 0.1) is 12.5 Å². The average molecular weight is 385 g/mol. The predicted molar refractivity (Wildman–Crippen MR) is 103 cm³/mol. The standard InChI is InChI=1S/C20H23N3O5/c1-20(2,3)28-19(27)23-16(12-17(24)25)13-4-6-14(7-5-13)18(26)22-15-8-10-21-11-9-15/h4-11,16H,12H2,1-3H3,(H,23,27)(H,24,25)(H,21,22,26)/t16-/m1/s1. The van der Waals surface area contributed by atoms with E-state index in [4.69, 9.17) is 9.84 Å². The summed E-state index contributed by atoms with van der Waals surface area (Å²) in [5.74, 6) is -1.38. The highest BCUT2D eigenvalue weighted by Crippen LogP contribution is 2.19. The number of rotatable bonds is 6. The van der Waals surface area contributed by atoms with Crippen LogP contribution < -0.4 is 10.6 Å². The zero-order valence-corrected chi connectivity index (χ0v) is 15.9.